The SMILES string of the molecule is CCc1ccc(CC)c(C(=O)CSc2nnc(NC(C)C)s2)c1. The van der Waals surface area contributed by atoms with Gasteiger partial charge in [0, 0.05) is 11.6 Å². The molecule has 0 unspecified atom stereocenters. The zero-order valence-corrected chi connectivity index (χ0v) is 15.7. The molecular formula is C17H23N3OS2. The second kappa shape index (κ2) is 8.45. The summed E-state index contributed by atoms with van der Waals surface area (Å²) in [5.74, 6) is 0.562. The number of rotatable bonds is 8. The number of aryl methyl sites for hydroxylation is 2. The van der Waals surface area contributed by atoms with E-state index in [0.717, 1.165) is 33.4 Å². The Bertz CT molecular complexity index is 668. The lowest BCUT2D eigenvalue weighted by Crippen LogP contribution is -2.08. The number of thioether (sulfide) groups is 1. The normalized spacial score (nSPS) is 11.0. The number of carbonyl (C=O) groups excluding carboxylic acids is 1. The average molecular weight is 350 g/mol. The zero-order chi connectivity index (χ0) is 16.8. The lowest BCUT2D eigenvalue weighted by molar-refractivity contribution is 0.102. The van der Waals surface area contributed by atoms with Crippen molar-refractivity contribution in [1.82, 2.24) is 10.2 Å². The molecule has 1 heterocycles. The molecule has 1 N–H and O–H groups in total. The number of Topliss-reactive ketones (excluding diaryl/α,β-unsaturated/α-hetero) is 1. The molecule has 0 amide bonds. The van der Waals surface area contributed by atoms with Crippen molar-refractivity contribution in [2.24, 2.45) is 0 Å². The fourth-order valence-corrected chi connectivity index (χ4v) is 3.97. The molecule has 0 saturated heterocycles. The van der Waals surface area contributed by atoms with E-state index in [1.807, 2.05) is 6.07 Å². The maximum atomic E-state index is 12.6. The van der Waals surface area contributed by atoms with Crippen LogP contribution in [0.5, 0.6) is 0 Å². The van der Waals surface area contributed by atoms with Gasteiger partial charge in [-0.25, -0.2) is 0 Å². The largest absolute Gasteiger partial charge is 0.358 e. The number of hydrogen-bond donors (Lipinski definition) is 1. The first-order valence-corrected chi connectivity index (χ1v) is 9.71. The van der Waals surface area contributed by atoms with Crippen molar-refractivity contribution in [3.8, 4) is 0 Å². The van der Waals surface area contributed by atoms with Crippen LogP contribution >= 0.6 is 23.1 Å². The molecule has 0 bridgehead atoms. The van der Waals surface area contributed by atoms with E-state index in [2.05, 4.69) is 55.3 Å². The third-order valence-electron chi connectivity index (χ3n) is 3.41. The smallest absolute Gasteiger partial charge is 0.206 e. The predicted octanol–water partition coefficient (Wildman–Crippen LogP) is 4.46. The molecule has 23 heavy (non-hydrogen) atoms. The van der Waals surface area contributed by atoms with Gasteiger partial charge < -0.3 is 5.32 Å². The van der Waals surface area contributed by atoms with Crippen LogP contribution in [0.1, 0.15) is 49.2 Å². The molecule has 0 aliphatic rings. The van der Waals surface area contributed by atoms with Gasteiger partial charge in [0.25, 0.3) is 0 Å². The average Bonchev–Trinajstić information content (AvgIpc) is 2.98. The maximum absolute atomic E-state index is 12.6. The number of nitrogens with zero attached hydrogens (tertiary/aromatic N) is 2. The molecule has 2 aromatic rings. The highest BCUT2D eigenvalue weighted by Gasteiger charge is 2.14. The summed E-state index contributed by atoms with van der Waals surface area (Å²) < 4.78 is 0.825. The first-order chi connectivity index (χ1) is 11.0. The second-order valence-corrected chi connectivity index (χ2v) is 7.78. The van der Waals surface area contributed by atoms with Crippen molar-refractivity contribution in [2.45, 2.75) is 50.9 Å². The summed E-state index contributed by atoms with van der Waals surface area (Å²) in [7, 11) is 0. The Balaban J connectivity index is 2.03. The van der Waals surface area contributed by atoms with E-state index in [0.29, 0.717) is 11.8 Å². The standard InChI is InChI=1S/C17H23N3OS2/c1-5-12-7-8-13(6-2)14(9-12)15(21)10-22-17-20-19-16(23-17)18-11(3)4/h7-9,11H,5-6,10H2,1-4H3,(H,18,19). The van der Waals surface area contributed by atoms with Crippen LogP contribution in [0.4, 0.5) is 5.13 Å². The van der Waals surface area contributed by atoms with E-state index < -0.39 is 0 Å². The number of nitrogens with one attached hydrogen (secondary N) is 1. The van der Waals surface area contributed by atoms with Gasteiger partial charge in [-0.15, -0.1) is 10.2 Å². The van der Waals surface area contributed by atoms with E-state index >= 15 is 0 Å². The summed E-state index contributed by atoms with van der Waals surface area (Å²) in [6, 6.07) is 6.54. The van der Waals surface area contributed by atoms with Gasteiger partial charge >= 0.3 is 0 Å². The van der Waals surface area contributed by atoms with Gasteiger partial charge in [0.2, 0.25) is 5.13 Å². The number of aromatic nitrogens is 2. The van der Waals surface area contributed by atoms with E-state index in [-0.39, 0.29) is 5.78 Å². The highest BCUT2D eigenvalue weighted by atomic mass is 32.2. The second-order valence-electron chi connectivity index (χ2n) is 5.58. The van der Waals surface area contributed by atoms with Crippen LogP contribution in [0.2, 0.25) is 0 Å². The number of ketones is 1. The van der Waals surface area contributed by atoms with Gasteiger partial charge in [-0.3, -0.25) is 4.79 Å². The molecule has 4 nitrogen and oxygen atoms in total. The first kappa shape index (κ1) is 17.9. The van der Waals surface area contributed by atoms with Gasteiger partial charge in [-0.2, -0.15) is 0 Å². The molecular weight excluding hydrogens is 326 g/mol. The summed E-state index contributed by atoms with van der Waals surface area (Å²) in [6.07, 6.45) is 1.81. The minimum absolute atomic E-state index is 0.163. The van der Waals surface area contributed by atoms with Crippen molar-refractivity contribution >= 4 is 34.0 Å². The Kier molecular flexibility index (Phi) is 6.59. The summed E-state index contributed by atoms with van der Waals surface area (Å²) >= 11 is 2.95. The predicted molar refractivity (Wildman–Crippen MR) is 98.9 cm³/mol. The lowest BCUT2D eigenvalue weighted by Gasteiger charge is -2.08. The quantitative estimate of drug-likeness (QED) is 0.563. The number of hydrogen-bond acceptors (Lipinski definition) is 6. The van der Waals surface area contributed by atoms with Crippen LogP contribution < -0.4 is 5.32 Å². The Hall–Kier alpha value is -1.40. The fourth-order valence-electron chi connectivity index (χ4n) is 2.19. The fraction of sp³-hybridized carbons (Fsp3) is 0.471. The summed E-state index contributed by atoms with van der Waals surface area (Å²) in [6.45, 7) is 8.31. The van der Waals surface area contributed by atoms with Crippen LogP contribution in [-0.2, 0) is 12.8 Å². The third kappa shape index (κ3) is 5.04. The molecule has 124 valence electrons. The Labute approximate surface area is 146 Å². The van der Waals surface area contributed by atoms with Gasteiger partial charge in [0.1, 0.15) is 0 Å². The van der Waals surface area contributed by atoms with Crippen LogP contribution in [-0.4, -0.2) is 27.8 Å². The molecule has 0 radical (unpaired) electrons. The van der Waals surface area contributed by atoms with Gasteiger partial charge in [0.15, 0.2) is 10.1 Å². The highest BCUT2D eigenvalue weighted by molar-refractivity contribution is 8.01. The Morgan fingerprint density at radius 1 is 1.26 bits per heavy atom. The summed E-state index contributed by atoms with van der Waals surface area (Å²) in [5.41, 5.74) is 3.17. The van der Waals surface area contributed by atoms with E-state index in [1.54, 1.807) is 0 Å². The van der Waals surface area contributed by atoms with Gasteiger partial charge in [-0.1, -0.05) is 49.1 Å². The van der Waals surface area contributed by atoms with Gasteiger partial charge in [-0.05, 0) is 43.9 Å². The molecule has 0 fully saturated rings. The number of anilines is 1. The van der Waals surface area contributed by atoms with Crippen molar-refractivity contribution in [2.75, 3.05) is 11.1 Å². The molecule has 1 aromatic carbocycles. The molecule has 0 aliphatic carbocycles. The Morgan fingerprint density at radius 2 is 2.04 bits per heavy atom. The van der Waals surface area contributed by atoms with Crippen LogP contribution in [0, 0.1) is 0 Å². The van der Waals surface area contributed by atoms with Crippen molar-refractivity contribution in [3.63, 3.8) is 0 Å². The minimum atomic E-state index is 0.163. The molecule has 2 rings (SSSR count). The van der Waals surface area contributed by atoms with Crippen LogP contribution in [0.15, 0.2) is 22.5 Å². The molecule has 0 atom stereocenters. The van der Waals surface area contributed by atoms with Gasteiger partial charge in [0.05, 0.1) is 5.75 Å². The minimum Gasteiger partial charge on any atom is -0.358 e. The summed E-state index contributed by atoms with van der Waals surface area (Å²) in [5, 5.41) is 12.2. The number of carbonyl (C=O) groups is 1. The molecule has 0 aliphatic heterocycles. The lowest BCUT2D eigenvalue weighted by atomic mass is 9.98. The van der Waals surface area contributed by atoms with Crippen molar-refractivity contribution < 1.29 is 4.79 Å². The van der Waals surface area contributed by atoms with E-state index in [1.165, 1.54) is 28.7 Å². The number of benzene rings is 1. The van der Waals surface area contributed by atoms with E-state index in [9.17, 15) is 4.79 Å². The maximum Gasteiger partial charge on any atom is 0.206 e. The Morgan fingerprint density at radius 3 is 2.70 bits per heavy atom. The molecule has 6 heteroatoms. The first-order valence-electron chi connectivity index (χ1n) is 7.91. The monoisotopic (exact) mass is 349 g/mol. The highest BCUT2D eigenvalue weighted by Crippen LogP contribution is 2.27. The molecule has 0 saturated carbocycles. The molecule has 1 aromatic heterocycles. The van der Waals surface area contributed by atoms with Crippen molar-refractivity contribution in [1.29, 1.82) is 0 Å². The molecule has 0 spiro atoms. The van der Waals surface area contributed by atoms with Crippen LogP contribution in [0.25, 0.3) is 0 Å². The zero-order valence-electron chi connectivity index (χ0n) is 14.0. The van der Waals surface area contributed by atoms with Crippen molar-refractivity contribution in [3.05, 3.63) is 34.9 Å². The third-order valence-corrected chi connectivity index (χ3v) is 5.40. The van der Waals surface area contributed by atoms with E-state index in [4.69, 9.17) is 0 Å². The topological polar surface area (TPSA) is 54.9 Å². The van der Waals surface area contributed by atoms with Crippen LogP contribution in [0.3, 0.4) is 0 Å². The summed E-state index contributed by atoms with van der Waals surface area (Å²) in [4.78, 5) is 12.6.